The van der Waals surface area contributed by atoms with E-state index in [1.54, 1.807) is 6.92 Å². The number of alkyl halides is 2. The lowest BCUT2D eigenvalue weighted by atomic mass is 9.93. The Balaban J connectivity index is 0.00000232. The van der Waals surface area contributed by atoms with Crippen molar-refractivity contribution in [1.82, 2.24) is 0 Å². The summed E-state index contributed by atoms with van der Waals surface area (Å²) in [7, 11) is 0. The van der Waals surface area contributed by atoms with Crippen LogP contribution in [0.2, 0.25) is 0 Å². The van der Waals surface area contributed by atoms with Gasteiger partial charge in [0.1, 0.15) is 11.4 Å². The molecule has 0 aromatic heterocycles. The Morgan fingerprint density at radius 2 is 1.83 bits per heavy atom. The fourth-order valence-corrected chi connectivity index (χ4v) is 2.46. The number of rotatable bonds is 7. The molecule has 1 aromatic carbocycles. The molecule has 0 saturated heterocycles. The topological polar surface area (TPSA) is 26.3 Å². The predicted octanol–water partition coefficient (Wildman–Crippen LogP) is 6.03. The molecular formula is C17H24BrF3O2. The SMILES string of the molecule is CC.CCOC(C)(C)C(F)(F)CCC(=O)c1ccc(F)cc1Br. The summed E-state index contributed by atoms with van der Waals surface area (Å²) >= 11 is 3.06. The Hall–Kier alpha value is -0.880. The Bertz CT molecular complexity index is 517. The number of ketones is 1. The summed E-state index contributed by atoms with van der Waals surface area (Å²) < 4.78 is 46.4. The maximum absolute atomic E-state index is 14.1. The number of carbonyl (C=O) groups is 1. The first-order chi connectivity index (χ1) is 10.6. The van der Waals surface area contributed by atoms with Gasteiger partial charge in [-0.25, -0.2) is 13.2 Å². The third kappa shape index (κ3) is 6.26. The first-order valence-electron chi connectivity index (χ1n) is 7.61. The monoisotopic (exact) mass is 396 g/mol. The van der Waals surface area contributed by atoms with Crippen LogP contribution in [0.5, 0.6) is 0 Å². The number of hydrogen-bond donors (Lipinski definition) is 0. The molecule has 0 fully saturated rings. The number of halogens is 4. The zero-order chi connectivity index (χ0) is 18.3. The molecule has 0 aliphatic heterocycles. The van der Waals surface area contributed by atoms with Crippen LogP contribution < -0.4 is 0 Å². The number of benzene rings is 1. The zero-order valence-electron chi connectivity index (χ0n) is 14.2. The molecule has 0 atom stereocenters. The normalized spacial score (nSPS) is 11.7. The Morgan fingerprint density at radius 1 is 1.26 bits per heavy atom. The molecule has 0 N–H and O–H groups in total. The van der Waals surface area contributed by atoms with Gasteiger partial charge in [-0.2, -0.15) is 0 Å². The van der Waals surface area contributed by atoms with Gasteiger partial charge in [-0.05, 0) is 54.9 Å². The van der Waals surface area contributed by atoms with Gasteiger partial charge in [0.15, 0.2) is 5.78 Å². The largest absolute Gasteiger partial charge is 0.370 e. The summed E-state index contributed by atoms with van der Waals surface area (Å²) in [6, 6.07) is 3.54. The third-order valence-corrected chi connectivity index (χ3v) is 3.94. The van der Waals surface area contributed by atoms with Crippen molar-refractivity contribution in [3.05, 3.63) is 34.1 Å². The Labute approximate surface area is 144 Å². The summed E-state index contributed by atoms with van der Waals surface area (Å²) in [6.45, 7) is 8.40. The highest BCUT2D eigenvalue weighted by Gasteiger charge is 2.47. The molecule has 0 aliphatic carbocycles. The van der Waals surface area contributed by atoms with Gasteiger partial charge in [-0.15, -0.1) is 0 Å². The lowest BCUT2D eigenvalue weighted by Gasteiger charge is -2.33. The number of hydrogen-bond acceptors (Lipinski definition) is 2. The van der Waals surface area contributed by atoms with Gasteiger partial charge in [0.25, 0.3) is 5.92 Å². The molecule has 6 heteroatoms. The number of ether oxygens (including phenoxy) is 1. The van der Waals surface area contributed by atoms with E-state index in [-0.39, 0.29) is 23.1 Å². The van der Waals surface area contributed by atoms with Gasteiger partial charge in [0, 0.05) is 29.5 Å². The summed E-state index contributed by atoms with van der Waals surface area (Å²) in [5, 5.41) is 0. The lowest BCUT2D eigenvalue weighted by Crippen LogP contribution is -2.45. The van der Waals surface area contributed by atoms with Crippen LogP contribution in [0, 0.1) is 5.82 Å². The smallest absolute Gasteiger partial charge is 0.276 e. The maximum atomic E-state index is 14.1. The molecule has 0 heterocycles. The van der Waals surface area contributed by atoms with Crippen LogP contribution in [0.25, 0.3) is 0 Å². The lowest BCUT2D eigenvalue weighted by molar-refractivity contribution is -0.191. The van der Waals surface area contributed by atoms with Crippen molar-refractivity contribution in [3.63, 3.8) is 0 Å². The maximum Gasteiger partial charge on any atom is 0.276 e. The van der Waals surface area contributed by atoms with E-state index in [1.165, 1.54) is 19.9 Å². The van der Waals surface area contributed by atoms with Crippen molar-refractivity contribution in [2.75, 3.05) is 6.61 Å². The van der Waals surface area contributed by atoms with Crippen LogP contribution in [-0.4, -0.2) is 23.9 Å². The third-order valence-electron chi connectivity index (χ3n) is 3.28. The minimum Gasteiger partial charge on any atom is -0.370 e. The highest BCUT2D eigenvalue weighted by Crippen LogP contribution is 2.36. The van der Waals surface area contributed by atoms with Crippen molar-refractivity contribution >= 4 is 21.7 Å². The van der Waals surface area contributed by atoms with Crippen molar-refractivity contribution < 1.29 is 22.7 Å². The molecule has 0 radical (unpaired) electrons. The second-order valence-electron chi connectivity index (χ2n) is 5.20. The van der Waals surface area contributed by atoms with E-state index >= 15 is 0 Å². The van der Waals surface area contributed by atoms with E-state index in [9.17, 15) is 18.0 Å². The quantitative estimate of drug-likeness (QED) is 0.526. The molecule has 0 aliphatic rings. The van der Waals surface area contributed by atoms with Crippen molar-refractivity contribution in [2.24, 2.45) is 0 Å². The van der Waals surface area contributed by atoms with E-state index < -0.39 is 29.5 Å². The standard InChI is InChI=1S/C15H18BrF3O2.C2H6/c1-4-21-14(2,3)15(18,19)8-7-13(20)11-6-5-10(17)9-12(11)16;1-2/h5-6,9H,4,7-8H2,1-3H3;1-2H3. The summed E-state index contributed by atoms with van der Waals surface area (Å²) in [4.78, 5) is 12.0. The molecule has 1 aromatic rings. The molecule has 0 unspecified atom stereocenters. The van der Waals surface area contributed by atoms with Crippen LogP contribution in [-0.2, 0) is 4.74 Å². The van der Waals surface area contributed by atoms with Gasteiger partial charge in [0.2, 0.25) is 0 Å². The molecule has 0 amide bonds. The Morgan fingerprint density at radius 3 is 2.30 bits per heavy atom. The molecule has 1 rings (SSSR count). The number of Topliss-reactive ketones (excluding diaryl/α,β-unsaturated/α-hetero) is 1. The Kier molecular flexibility index (Phi) is 9.06. The summed E-state index contributed by atoms with van der Waals surface area (Å²) in [5.41, 5.74) is -1.44. The van der Waals surface area contributed by atoms with E-state index in [0.29, 0.717) is 0 Å². The van der Waals surface area contributed by atoms with Crippen molar-refractivity contribution in [3.8, 4) is 0 Å². The number of carbonyl (C=O) groups excluding carboxylic acids is 1. The highest BCUT2D eigenvalue weighted by molar-refractivity contribution is 9.10. The van der Waals surface area contributed by atoms with Crippen LogP contribution in [0.3, 0.4) is 0 Å². The summed E-state index contributed by atoms with van der Waals surface area (Å²) in [5.74, 6) is -4.10. The van der Waals surface area contributed by atoms with Crippen LogP contribution in [0.1, 0.15) is 57.8 Å². The van der Waals surface area contributed by atoms with E-state index in [4.69, 9.17) is 4.74 Å². The molecule has 132 valence electrons. The van der Waals surface area contributed by atoms with Gasteiger partial charge < -0.3 is 4.74 Å². The average molecular weight is 397 g/mol. The molecule has 0 bridgehead atoms. The minimum atomic E-state index is -3.13. The van der Waals surface area contributed by atoms with Crippen molar-refractivity contribution in [1.29, 1.82) is 0 Å². The average Bonchev–Trinajstić information content (AvgIpc) is 2.46. The second kappa shape index (κ2) is 9.42. The molecule has 23 heavy (non-hydrogen) atoms. The van der Waals surface area contributed by atoms with Crippen molar-refractivity contribution in [2.45, 2.75) is 59.0 Å². The summed E-state index contributed by atoms with van der Waals surface area (Å²) in [6.07, 6.45) is -0.962. The molecular weight excluding hydrogens is 373 g/mol. The molecule has 0 saturated carbocycles. The van der Waals surface area contributed by atoms with Crippen LogP contribution in [0.15, 0.2) is 22.7 Å². The fourth-order valence-electron chi connectivity index (χ4n) is 1.89. The second-order valence-corrected chi connectivity index (χ2v) is 6.05. The fraction of sp³-hybridized carbons (Fsp3) is 0.588. The van der Waals surface area contributed by atoms with Gasteiger partial charge >= 0.3 is 0 Å². The van der Waals surface area contributed by atoms with Crippen LogP contribution in [0.4, 0.5) is 13.2 Å². The first-order valence-corrected chi connectivity index (χ1v) is 8.40. The van der Waals surface area contributed by atoms with E-state index in [0.717, 1.165) is 12.1 Å². The highest BCUT2D eigenvalue weighted by atomic mass is 79.9. The predicted molar refractivity (Wildman–Crippen MR) is 89.7 cm³/mol. The van der Waals surface area contributed by atoms with Gasteiger partial charge in [0.05, 0.1) is 0 Å². The van der Waals surface area contributed by atoms with E-state index in [1.807, 2.05) is 13.8 Å². The van der Waals surface area contributed by atoms with Crippen LogP contribution >= 0.6 is 15.9 Å². The zero-order valence-corrected chi connectivity index (χ0v) is 15.8. The molecule has 2 nitrogen and oxygen atoms in total. The molecule has 0 spiro atoms. The minimum absolute atomic E-state index is 0.167. The van der Waals surface area contributed by atoms with Gasteiger partial charge in [-0.1, -0.05) is 13.8 Å². The van der Waals surface area contributed by atoms with Gasteiger partial charge in [-0.3, -0.25) is 4.79 Å². The first kappa shape index (κ1) is 22.1. The van der Waals surface area contributed by atoms with E-state index in [2.05, 4.69) is 15.9 Å².